The molecule has 0 aromatic heterocycles. The van der Waals surface area contributed by atoms with Gasteiger partial charge in [-0.3, -0.25) is 0 Å². The predicted molar refractivity (Wildman–Crippen MR) is 99.8 cm³/mol. The zero-order valence-corrected chi connectivity index (χ0v) is 14.9. The number of hydrogen-bond donors (Lipinski definition) is 1. The van der Waals surface area contributed by atoms with Gasteiger partial charge in [0.2, 0.25) is 0 Å². The summed E-state index contributed by atoms with van der Waals surface area (Å²) >= 11 is 0. The highest BCUT2D eigenvalue weighted by Gasteiger charge is 2.52. The smallest absolute Gasteiger partial charge is 0.169 e. The highest BCUT2D eigenvalue weighted by atomic mass is 16.5. The molecule has 0 saturated carbocycles. The Hall–Kier alpha value is -2.30. The monoisotopic (exact) mass is 349 g/mol. The third kappa shape index (κ3) is 2.37. The van der Waals surface area contributed by atoms with Crippen molar-refractivity contribution in [3.8, 4) is 17.2 Å². The van der Waals surface area contributed by atoms with Crippen LogP contribution in [0.5, 0.6) is 17.2 Å². The number of benzene rings is 2. The zero-order chi connectivity index (χ0) is 17.7. The first kappa shape index (κ1) is 15.9. The minimum absolute atomic E-state index is 0.0386. The molecule has 1 aliphatic carbocycles. The van der Waals surface area contributed by atoms with Gasteiger partial charge in [0.1, 0.15) is 11.9 Å². The highest BCUT2D eigenvalue weighted by molar-refractivity contribution is 5.61. The maximum absolute atomic E-state index is 10.2. The lowest BCUT2D eigenvalue weighted by Gasteiger charge is -2.35. The number of hydrogen-bond acceptors (Lipinski definition) is 4. The number of aliphatic hydroxyl groups excluding tert-OH is 1. The fourth-order valence-corrected chi connectivity index (χ4v) is 4.61. The lowest BCUT2D eigenvalue weighted by Crippen LogP contribution is -2.42. The van der Waals surface area contributed by atoms with Crippen molar-refractivity contribution in [2.75, 3.05) is 13.6 Å². The summed E-state index contributed by atoms with van der Waals surface area (Å²) in [5.74, 6) is 2.42. The normalized spacial score (nSPS) is 29.5. The fourth-order valence-electron chi connectivity index (χ4n) is 4.61. The van der Waals surface area contributed by atoms with Crippen molar-refractivity contribution in [1.29, 1.82) is 0 Å². The molecular weight excluding hydrogens is 326 g/mol. The van der Waals surface area contributed by atoms with Gasteiger partial charge in [0.05, 0.1) is 11.5 Å². The number of para-hydroxylation sites is 1. The fraction of sp³-hybridized carbons (Fsp3) is 0.364. The van der Waals surface area contributed by atoms with Crippen LogP contribution in [0.1, 0.15) is 24.0 Å². The van der Waals surface area contributed by atoms with E-state index in [1.54, 1.807) is 0 Å². The molecule has 26 heavy (non-hydrogen) atoms. The molecule has 2 aromatic carbocycles. The van der Waals surface area contributed by atoms with Gasteiger partial charge < -0.3 is 19.5 Å². The van der Waals surface area contributed by atoms with Crippen LogP contribution in [-0.2, 0) is 12.0 Å². The van der Waals surface area contributed by atoms with Crippen LogP contribution < -0.4 is 9.47 Å². The Morgan fingerprint density at radius 3 is 2.88 bits per heavy atom. The Labute approximate surface area is 153 Å². The van der Waals surface area contributed by atoms with E-state index in [9.17, 15) is 5.11 Å². The van der Waals surface area contributed by atoms with Gasteiger partial charge >= 0.3 is 0 Å². The van der Waals surface area contributed by atoms with Gasteiger partial charge in [0, 0.05) is 18.5 Å². The molecule has 1 unspecified atom stereocenters. The Morgan fingerprint density at radius 1 is 1.19 bits per heavy atom. The number of rotatable bonds is 2. The molecule has 0 radical (unpaired) electrons. The van der Waals surface area contributed by atoms with Crippen LogP contribution in [0.25, 0.3) is 0 Å². The van der Waals surface area contributed by atoms with Gasteiger partial charge in [-0.15, -0.1) is 0 Å². The second-order valence-corrected chi connectivity index (χ2v) is 7.64. The molecule has 4 nitrogen and oxygen atoms in total. The Morgan fingerprint density at radius 2 is 2.04 bits per heavy atom. The summed E-state index contributed by atoms with van der Waals surface area (Å²) in [5.41, 5.74) is 2.39. The molecule has 0 fully saturated rings. The standard InChI is InChI=1S/C22H23NO3/c1-23-12-11-22-10-9-16(24)13-19(22)26-21-18(8-7-15(14-23)20(21)22)25-17-5-3-2-4-6-17/h2-10,16,19,24H,11-14H2,1H3/t16?,19-,22-/m0/s1. The van der Waals surface area contributed by atoms with E-state index in [4.69, 9.17) is 9.47 Å². The van der Waals surface area contributed by atoms with Crippen LogP contribution in [0.15, 0.2) is 54.6 Å². The van der Waals surface area contributed by atoms with Crippen LogP contribution in [0.3, 0.4) is 0 Å². The minimum atomic E-state index is -0.442. The summed E-state index contributed by atoms with van der Waals surface area (Å²) in [4.78, 5) is 2.36. The lowest BCUT2D eigenvalue weighted by atomic mass is 9.69. The third-order valence-electron chi connectivity index (χ3n) is 5.90. The van der Waals surface area contributed by atoms with E-state index >= 15 is 0 Å². The summed E-state index contributed by atoms with van der Waals surface area (Å²) < 4.78 is 12.6. The number of nitrogens with zero attached hydrogens (tertiary/aromatic N) is 1. The molecule has 5 rings (SSSR count). The number of ether oxygens (including phenoxy) is 2. The number of aliphatic hydroxyl groups is 1. The molecule has 0 amide bonds. The van der Waals surface area contributed by atoms with Crippen molar-refractivity contribution < 1.29 is 14.6 Å². The Balaban J connectivity index is 1.65. The average Bonchev–Trinajstić information content (AvgIpc) is 2.90. The summed E-state index contributed by atoms with van der Waals surface area (Å²) in [7, 11) is 2.16. The van der Waals surface area contributed by atoms with Crippen LogP contribution in [0.2, 0.25) is 0 Å². The van der Waals surface area contributed by atoms with Gasteiger partial charge in [0.15, 0.2) is 11.5 Å². The molecule has 4 heteroatoms. The van der Waals surface area contributed by atoms with E-state index in [1.165, 1.54) is 11.1 Å². The summed E-state index contributed by atoms with van der Waals surface area (Å²) in [6.07, 6.45) is 5.26. The lowest BCUT2D eigenvalue weighted by molar-refractivity contribution is 0.0824. The molecule has 3 atom stereocenters. The second-order valence-electron chi connectivity index (χ2n) is 7.64. The molecule has 1 spiro atoms. The zero-order valence-electron chi connectivity index (χ0n) is 14.9. The maximum atomic E-state index is 10.2. The average molecular weight is 349 g/mol. The molecular formula is C22H23NO3. The van der Waals surface area contributed by atoms with E-state index in [-0.39, 0.29) is 11.5 Å². The summed E-state index contributed by atoms with van der Waals surface area (Å²) in [5, 5.41) is 10.2. The van der Waals surface area contributed by atoms with E-state index in [0.29, 0.717) is 6.42 Å². The SMILES string of the molecule is CN1CC[C@@]23C=CC(O)C[C@@H]2Oc2c(Oc4ccccc4)ccc(c23)C1. The molecule has 0 saturated heterocycles. The van der Waals surface area contributed by atoms with Crippen LogP contribution >= 0.6 is 0 Å². The van der Waals surface area contributed by atoms with Crippen LogP contribution in [0, 0.1) is 0 Å². The third-order valence-corrected chi connectivity index (χ3v) is 5.90. The molecule has 3 aliphatic rings. The topological polar surface area (TPSA) is 41.9 Å². The molecule has 134 valence electrons. The Bertz CT molecular complexity index is 863. The molecule has 2 aliphatic heterocycles. The van der Waals surface area contributed by atoms with E-state index in [1.807, 2.05) is 42.5 Å². The van der Waals surface area contributed by atoms with Crippen molar-refractivity contribution in [3.05, 3.63) is 65.7 Å². The van der Waals surface area contributed by atoms with Crippen LogP contribution in [0.4, 0.5) is 0 Å². The predicted octanol–water partition coefficient (Wildman–Crippen LogP) is 3.63. The molecule has 2 aromatic rings. The van der Waals surface area contributed by atoms with Gasteiger partial charge in [-0.05, 0) is 43.8 Å². The van der Waals surface area contributed by atoms with E-state index < -0.39 is 6.10 Å². The van der Waals surface area contributed by atoms with Crippen molar-refractivity contribution in [2.24, 2.45) is 0 Å². The molecule has 0 bridgehead atoms. The Kier molecular flexibility index (Phi) is 3.59. The van der Waals surface area contributed by atoms with Crippen molar-refractivity contribution in [2.45, 2.75) is 37.0 Å². The first-order chi connectivity index (χ1) is 12.7. The molecule has 2 heterocycles. The quantitative estimate of drug-likeness (QED) is 0.841. The highest BCUT2D eigenvalue weighted by Crippen LogP contribution is 2.56. The summed E-state index contributed by atoms with van der Waals surface area (Å²) in [6.45, 7) is 1.91. The summed E-state index contributed by atoms with van der Waals surface area (Å²) in [6, 6.07) is 14.0. The van der Waals surface area contributed by atoms with Gasteiger partial charge in [-0.25, -0.2) is 0 Å². The van der Waals surface area contributed by atoms with E-state index in [0.717, 1.165) is 36.8 Å². The van der Waals surface area contributed by atoms with Crippen LogP contribution in [-0.4, -0.2) is 35.8 Å². The van der Waals surface area contributed by atoms with E-state index in [2.05, 4.69) is 24.1 Å². The van der Waals surface area contributed by atoms with Gasteiger partial charge in [-0.1, -0.05) is 36.4 Å². The largest absolute Gasteiger partial charge is 0.485 e. The molecule has 1 N–H and O–H groups in total. The second kappa shape index (κ2) is 5.86. The first-order valence-corrected chi connectivity index (χ1v) is 9.27. The minimum Gasteiger partial charge on any atom is -0.485 e. The first-order valence-electron chi connectivity index (χ1n) is 9.27. The van der Waals surface area contributed by atoms with Gasteiger partial charge in [0.25, 0.3) is 0 Å². The van der Waals surface area contributed by atoms with Crippen molar-refractivity contribution in [1.82, 2.24) is 4.90 Å². The van der Waals surface area contributed by atoms with Crippen molar-refractivity contribution >= 4 is 0 Å². The maximum Gasteiger partial charge on any atom is 0.169 e. The van der Waals surface area contributed by atoms with Crippen molar-refractivity contribution in [3.63, 3.8) is 0 Å². The van der Waals surface area contributed by atoms with Gasteiger partial charge in [-0.2, -0.15) is 0 Å².